The number of nitrogens with one attached hydrogen (secondary N) is 1. The van der Waals surface area contributed by atoms with Gasteiger partial charge in [0.05, 0.1) is 57.8 Å². The Morgan fingerprint density at radius 1 is 0.372 bits per heavy atom. The average Bonchev–Trinajstić information content (AvgIpc) is 3.35. The zero-order valence-corrected chi connectivity index (χ0v) is 54.4. The van der Waals surface area contributed by atoms with Gasteiger partial charge in [0.15, 0.2) is 0 Å². The number of carboxylic acids is 6. The van der Waals surface area contributed by atoms with Crippen LogP contribution >= 0.6 is 0 Å². The number of amidine groups is 1. The van der Waals surface area contributed by atoms with Crippen LogP contribution in [0.5, 0.6) is 0 Å². The van der Waals surface area contributed by atoms with Gasteiger partial charge in [-0.15, -0.1) is 0 Å². The molecule has 0 spiro atoms. The number of hydrogen-bond acceptors (Lipinski definition) is 15. The molecule has 25 heteroatoms. The minimum Gasteiger partial charge on any atom is -0.858 e. The Bertz CT molecular complexity index is 3780. The molecule has 19 nitrogen and oxygen atoms in total. The molecule has 8 aromatic rings. The molecule has 0 aliphatic carbocycles. The Kier molecular flexibility index (Phi) is 26.9. The van der Waals surface area contributed by atoms with Crippen LogP contribution in [0.3, 0.4) is 0 Å². The van der Waals surface area contributed by atoms with Gasteiger partial charge in [-0.2, -0.15) is 4.99 Å². The predicted octanol–water partition coefficient (Wildman–Crippen LogP) is -15.3. The van der Waals surface area contributed by atoms with Gasteiger partial charge in [-0.05, 0) is 117 Å². The predicted molar refractivity (Wildman–Crippen MR) is 249 cm³/mol. The van der Waals surface area contributed by atoms with Crippen molar-refractivity contribution in [3.8, 4) is 22.3 Å². The molecular formula is C53H28N4Na6O15. The maximum absolute atomic E-state index is 13.7. The van der Waals surface area contributed by atoms with Crippen LogP contribution in [0, 0.1) is 0 Å². The van der Waals surface area contributed by atoms with Gasteiger partial charge < -0.3 is 70.5 Å². The number of aliphatic imine (C=N–C) groups is 3. The third-order valence-corrected chi connectivity index (χ3v) is 11.1. The summed E-state index contributed by atoms with van der Waals surface area (Å²) in [5.41, 5.74) is -1.92. The number of para-hydroxylation sites is 2. The van der Waals surface area contributed by atoms with E-state index in [1.165, 1.54) is 36.4 Å². The molecule has 0 saturated carbocycles. The van der Waals surface area contributed by atoms with Gasteiger partial charge in [0.2, 0.25) is 0 Å². The molecule has 4 N–H and O–H groups in total. The van der Waals surface area contributed by atoms with Crippen molar-refractivity contribution in [3.63, 3.8) is 0 Å². The molecule has 8 rings (SSSR count). The molecule has 8 aromatic carbocycles. The monoisotopic (exact) mass is 1100 g/mol. The first-order valence-electron chi connectivity index (χ1n) is 20.9. The molecule has 0 atom stereocenters. The number of anilines is 1. The van der Waals surface area contributed by atoms with E-state index in [1.54, 1.807) is 60.7 Å². The molecule has 0 bridgehead atoms. The van der Waals surface area contributed by atoms with Gasteiger partial charge in [-0.1, -0.05) is 84.9 Å². The Morgan fingerprint density at radius 2 is 0.782 bits per heavy atom. The minimum atomic E-state index is -1.77. The Balaban J connectivity index is 0.00000347. The third-order valence-electron chi connectivity index (χ3n) is 11.1. The van der Waals surface area contributed by atoms with Crippen LogP contribution < -0.4 is 213 Å². The van der Waals surface area contributed by atoms with Crippen molar-refractivity contribution in [2.24, 2.45) is 15.0 Å². The van der Waals surface area contributed by atoms with Crippen LogP contribution in [-0.2, 0) is 0 Å². The zero-order chi connectivity index (χ0) is 51.5. The number of fused-ring (bicyclic) bond motifs is 2. The Morgan fingerprint density at radius 3 is 1.21 bits per heavy atom. The first-order valence-corrected chi connectivity index (χ1v) is 20.9. The van der Waals surface area contributed by atoms with E-state index in [-0.39, 0.29) is 227 Å². The van der Waals surface area contributed by atoms with Crippen molar-refractivity contribution < 1.29 is 252 Å². The fourth-order valence-electron chi connectivity index (χ4n) is 7.96. The van der Waals surface area contributed by atoms with Crippen molar-refractivity contribution in [2.75, 3.05) is 5.32 Å². The van der Waals surface area contributed by atoms with Crippen LogP contribution in [0.25, 0.3) is 43.8 Å². The topological polar surface area (TPSA) is 351 Å². The van der Waals surface area contributed by atoms with Crippen molar-refractivity contribution in [1.82, 2.24) is 0 Å². The number of carbonyl (C=O) groups excluding carboxylic acids is 4. The van der Waals surface area contributed by atoms with E-state index in [2.05, 4.69) is 20.3 Å². The number of aliphatic hydroxyl groups excluding tert-OH is 1. The molecule has 0 saturated heterocycles. The summed E-state index contributed by atoms with van der Waals surface area (Å²) in [5.74, 6) is -12.1. The number of carbonyl (C=O) groups is 6. The van der Waals surface area contributed by atoms with Crippen LogP contribution in [0.2, 0.25) is 0 Å². The van der Waals surface area contributed by atoms with Crippen LogP contribution in [0.1, 0.15) is 73.3 Å². The number of nitrogens with zero attached hydrogens (tertiary/aromatic N) is 3. The third kappa shape index (κ3) is 15.4. The SMILES string of the molecule is O=C([O-])c1cc(C(=O)O)c2c(N=C([O-])c3cccc(-c4ccccc4N=C(O)Nc4ccccc4-c4cccc(C([O-])=Nc5ccc(C(=O)[O-])c6cc(C(=O)[O-])cc(C(=O)O)c56)c4)c3)ccc(C(=O)[O-])c2c1.[Na+].[Na+].[Na+].[Na+].[Na+].[Na+]. The molecule has 0 amide bonds. The maximum Gasteiger partial charge on any atom is 1.00 e. The summed E-state index contributed by atoms with van der Waals surface area (Å²) in [6, 6.07) is 32.2. The van der Waals surface area contributed by atoms with Crippen molar-refractivity contribution >= 4 is 97.9 Å². The quantitative estimate of drug-likeness (QED) is 0.0446. The van der Waals surface area contributed by atoms with E-state index >= 15 is 0 Å². The second kappa shape index (κ2) is 30.2. The molecule has 0 unspecified atom stereocenters. The Labute approximate surface area is 574 Å². The number of rotatable bonds is 14. The number of benzene rings is 8. The second-order valence-electron chi connectivity index (χ2n) is 15.5. The summed E-state index contributed by atoms with van der Waals surface area (Å²) in [6.07, 6.45) is 0. The molecule has 0 fully saturated rings. The van der Waals surface area contributed by atoms with Gasteiger partial charge in [0, 0.05) is 33.0 Å². The molecule has 356 valence electrons. The van der Waals surface area contributed by atoms with Crippen LogP contribution in [0.15, 0.2) is 161 Å². The van der Waals surface area contributed by atoms with Gasteiger partial charge in [-0.3, -0.25) is 9.98 Å². The van der Waals surface area contributed by atoms with E-state index in [1.807, 2.05) is 0 Å². The fraction of sp³-hybridized carbons (Fsp3) is 0. The summed E-state index contributed by atoms with van der Waals surface area (Å²) in [5, 5.41) is 107. The Hall–Kier alpha value is -4.69. The van der Waals surface area contributed by atoms with Gasteiger partial charge >= 0.3 is 189 Å². The van der Waals surface area contributed by atoms with E-state index in [0.717, 1.165) is 48.5 Å². The normalized spacial score (nSPS) is 10.9. The minimum absolute atomic E-state index is 0. The molecule has 0 aliphatic heterocycles. The number of aliphatic hydroxyl groups is 1. The average molecular weight is 1100 g/mol. The maximum atomic E-state index is 13.7. The zero-order valence-electron chi connectivity index (χ0n) is 42.4. The fourth-order valence-corrected chi connectivity index (χ4v) is 7.96. The summed E-state index contributed by atoms with van der Waals surface area (Å²) in [6.45, 7) is 0. The smallest absolute Gasteiger partial charge is 0.858 e. The molecule has 0 aromatic heterocycles. The van der Waals surface area contributed by atoms with Gasteiger partial charge in [-0.25, -0.2) is 9.59 Å². The summed E-state index contributed by atoms with van der Waals surface area (Å²) in [4.78, 5) is 84.3. The second-order valence-corrected chi connectivity index (χ2v) is 15.5. The van der Waals surface area contributed by atoms with E-state index in [4.69, 9.17) is 0 Å². The first-order chi connectivity index (χ1) is 34.4. The van der Waals surface area contributed by atoms with E-state index in [9.17, 15) is 74.7 Å². The van der Waals surface area contributed by atoms with Gasteiger partial charge in [0.25, 0.3) is 6.02 Å². The summed E-state index contributed by atoms with van der Waals surface area (Å²) >= 11 is 0. The number of hydrogen-bond donors (Lipinski definition) is 4. The molecule has 0 radical (unpaired) electrons. The largest absolute Gasteiger partial charge is 1.00 e. The van der Waals surface area contributed by atoms with Crippen molar-refractivity contribution in [1.29, 1.82) is 0 Å². The van der Waals surface area contributed by atoms with E-state index < -0.39 is 87.0 Å². The standard InChI is InChI=1S/C53H34N4O15.6Na/c58-45(54-41-17-15-33(49(64)65)35-21-29(47(60)61)23-37(43(35)41)51(68)69)27-9-5-7-25(19-27)31-11-1-3-13-39(31)56-53(72)57-40-14-4-2-12-32(40)26-8-6-10-28(20-26)46(59)55-42-18-16-34(50(66)67)36-22-30(48(62)63)24-38(44(36)42)52(70)71;;;;;;/h1-24H,(H,54,58)(H,55,59)(H,60,61)(H,62,63)(H,64,65)(H,66,67)(H,68,69)(H,70,71)(H2,56,57,72);;;;;;/q;6*+1/p-6. The van der Waals surface area contributed by atoms with Crippen LogP contribution in [-0.4, -0.2) is 69.0 Å². The first kappa shape index (κ1) is 69.4. The molecule has 78 heavy (non-hydrogen) atoms. The van der Waals surface area contributed by atoms with E-state index in [0.29, 0.717) is 27.9 Å². The molecule has 0 heterocycles. The van der Waals surface area contributed by atoms with Crippen molar-refractivity contribution in [3.05, 3.63) is 190 Å². The number of aromatic carboxylic acids is 6. The van der Waals surface area contributed by atoms with Crippen LogP contribution in [0.4, 0.5) is 22.7 Å². The van der Waals surface area contributed by atoms with Crippen molar-refractivity contribution in [2.45, 2.75) is 0 Å². The molecular weight excluding hydrogens is 1070 g/mol. The summed E-state index contributed by atoms with van der Waals surface area (Å²) in [7, 11) is 0. The molecule has 0 aliphatic rings. The van der Waals surface area contributed by atoms with Gasteiger partial charge in [0.1, 0.15) is 0 Å². The number of carboxylic acid groups (broad SMARTS) is 6. The summed E-state index contributed by atoms with van der Waals surface area (Å²) < 4.78 is 0.